The average molecular weight is 406 g/mol. The van der Waals surface area contributed by atoms with Gasteiger partial charge in [0.25, 0.3) is 5.91 Å². The van der Waals surface area contributed by atoms with Gasteiger partial charge < -0.3 is 14.7 Å². The zero-order chi connectivity index (χ0) is 19.6. The largest absolute Gasteiger partial charge is 0.480 e. The Morgan fingerprint density at radius 3 is 2.44 bits per heavy atom. The molecule has 1 fully saturated rings. The monoisotopic (exact) mass is 405 g/mol. The highest BCUT2D eigenvalue weighted by atomic mass is 35.5. The second-order valence-electron chi connectivity index (χ2n) is 6.12. The molecule has 7 heteroatoms. The van der Waals surface area contributed by atoms with E-state index in [0.29, 0.717) is 15.6 Å². The Morgan fingerprint density at radius 2 is 1.85 bits per heavy atom. The highest BCUT2D eigenvalue weighted by molar-refractivity contribution is 6.30. The number of carboxylic acids is 1. The van der Waals surface area contributed by atoms with Crippen LogP contribution in [0.15, 0.2) is 61.2 Å². The van der Waals surface area contributed by atoms with Gasteiger partial charge in [0.15, 0.2) is 6.10 Å². The lowest BCUT2D eigenvalue weighted by molar-refractivity contribution is -0.172. The van der Waals surface area contributed by atoms with Crippen LogP contribution in [0.25, 0.3) is 0 Å². The van der Waals surface area contributed by atoms with E-state index in [2.05, 4.69) is 6.58 Å². The molecule has 0 saturated carbocycles. The van der Waals surface area contributed by atoms with Gasteiger partial charge in [-0.3, -0.25) is 9.59 Å². The minimum atomic E-state index is -1.11. The molecule has 1 amide bonds. The maximum absolute atomic E-state index is 12.8. The molecule has 3 atom stereocenters. The number of carbonyl (C=O) groups excluding carboxylic acids is 1. The van der Waals surface area contributed by atoms with Crippen LogP contribution in [-0.4, -0.2) is 34.5 Å². The molecule has 0 aliphatic carbocycles. The normalized spacial score (nSPS) is 22.5. The Bertz CT molecular complexity index is 869. The molecular formula is C20H17Cl2NO4. The fraction of sp³-hybridized carbons (Fsp3) is 0.200. The third-order valence-electron chi connectivity index (χ3n) is 4.35. The predicted molar refractivity (Wildman–Crippen MR) is 103 cm³/mol. The molecule has 140 valence electrons. The van der Waals surface area contributed by atoms with E-state index in [0.717, 1.165) is 5.56 Å². The quantitative estimate of drug-likeness (QED) is 0.753. The van der Waals surface area contributed by atoms with Crippen molar-refractivity contribution < 1.29 is 19.4 Å². The van der Waals surface area contributed by atoms with Gasteiger partial charge in [0, 0.05) is 10.0 Å². The third kappa shape index (κ3) is 4.16. The molecule has 1 saturated heterocycles. The first-order chi connectivity index (χ1) is 12.9. The highest BCUT2D eigenvalue weighted by Crippen LogP contribution is 2.42. The van der Waals surface area contributed by atoms with Crippen molar-refractivity contribution in [1.29, 1.82) is 0 Å². The van der Waals surface area contributed by atoms with Gasteiger partial charge in [-0.25, -0.2) is 0 Å². The lowest BCUT2D eigenvalue weighted by Gasteiger charge is -2.43. The minimum absolute atomic E-state index is 0.453. The Hall–Kier alpha value is -2.34. The molecule has 1 heterocycles. The lowest BCUT2D eigenvalue weighted by Crippen LogP contribution is -2.51. The number of ether oxygens (including phenoxy) is 1. The van der Waals surface area contributed by atoms with Crippen molar-refractivity contribution in [2.24, 2.45) is 0 Å². The van der Waals surface area contributed by atoms with Gasteiger partial charge in [-0.1, -0.05) is 60.1 Å². The van der Waals surface area contributed by atoms with Crippen LogP contribution in [0.2, 0.25) is 10.0 Å². The summed E-state index contributed by atoms with van der Waals surface area (Å²) in [7, 11) is 0. The first kappa shape index (κ1) is 19.4. The van der Waals surface area contributed by atoms with Gasteiger partial charge in [-0.2, -0.15) is 0 Å². The first-order valence-electron chi connectivity index (χ1n) is 8.22. The zero-order valence-electron chi connectivity index (χ0n) is 14.2. The number of amides is 1. The predicted octanol–water partition coefficient (Wildman–Crippen LogP) is 4.27. The van der Waals surface area contributed by atoms with Crippen molar-refractivity contribution in [3.8, 4) is 0 Å². The smallest absolute Gasteiger partial charge is 0.323 e. The fourth-order valence-electron chi connectivity index (χ4n) is 3.19. The number of rotatable bonds is 5. The number of halogens is 2. The number of carboxylic acid groups (broad SMARTS) is 1. The molecule has 0 bridgehead atoms. The van der Waals surface area contributed by atoms with Crippen LogP contribution in [0, 0.1) is 0 Å². The maximum atomic E-state index is 12.8. The number of morpholine rings is 1. The summed E-state index contributed by atoms with van der Waals surface area (Å²) in [5, 5.41) is 10.4. The van der Waals surface area contributed by atoms with Crippen molar-refractivity contribution in [2.75, 3.05) is 6.54 Å². The van der Waals surface area contributed by atoms with Crippen LogP contribution in [0.4, 0.5) is 0 Å². The molecule has 2 aromatic carbocycles. The van der Waals surface area contributed by atoms with Crippen molar-refractivity contribution in [3.63, 3.8) is 0 Å². The Labute approximate surface area is 166 Å². The summed E-state index contributed by atoms with van der Waals surface area (Å²) in [6.45, 7) is 3.18. The van der Waals surface area contributed by atoms with Crippen molar-refractivity contribution in [2.45, 2.75) is 18.2 Å². The van der Waals surface area contributed by atoms with Crippen LogP contribution >= 0.6 is 23.2 Å². The summed E-state index contributed by atoms with van der Waals surface area (Å²) in [6.07, 6.45) is -0.200. The van der Waals surface area contributed by atoms with E-state index in [9.17, 15) is 14.7 Å². The number of carbonyl (C=O) groups is 2. The number of aliphatic carboxylic acids is 1. The standard InChI is InChI=1S/C20H17Cl2NO4/c1-2-16-20(26)23(11-17(24)25)18(12-6-8-14(21)9-7-12)19(27-16)13-4-3-5-15(22)10-13/h2-10,16,18-19H,1,11H2,(H,24,25). The lowest BCUT2D eigenvalue weighted by atomic mass is 9.91. The molecule has 0 spiro atoms. The van der Waals surface area contributed by atoms with Crippen LogP contribution in [0.3, 0.4) is 0 Å². The molecule has 0 aromatic heterocycles. The van der Waals surface area contributed by atoms with Crippen molar-refractivity contribution in [1.82, 2.24) is 4.90 Å². The SMILES string of the molecule is C=CC1OC(c2cccc(Cl)c2)C(c2ccc(Cl)cc2)N(CC(=O)O)C1=O. The summed E-state index contributed by atoms with van der Waals surface area (Å²) in [6, 6.07) is 13.3. The molecule has 2 aromatic rings. The Balaban J connectivity index is 2.13. The molecule has 27 heavy (non-hydrogen) atoms. The van der Waals surface area contributed by atoms with E-state index in [4.69, 9.17) is 27.9 Å². The van der Waals surface area contributed by atoms with E-state index >= 15 is 0 Å². The van der Waals surface area contributed by atoms with E-state index in [1.54, 1.807) is 42.5 Å². The maximum Gasteiger partial charge on any atom is 0.323 e. The summed E-state index contributed by atoms with van der Waals surface area (Å²) < 4.78 is 6.00. The van der Waals surface area contributed by atoms with E-state index in [1.165, 1.54) is 11.0 Å². The zero-order valence-corrected chi connectivity index (χ0v) is 15.7. The van der Waals surface area contributed by atoms with Gasteiger partial charge in [0.2, 0.25) is 0 Å². The molecule has 1 aliphatic heterocycles. The van der Waals surface area contributed by atoms with Crippen molar-refractivity contribution >= 4 is 35.1 Å². The van der Waals surface area contributed by atoms with Gasteiger partial charge in [0.05, 0.1) is 6.04 Å². The number of hydrogen-bond acceptors (Lipinski definition) is 3. The Kier molecular flexibility index (Phi) is 5.85. The molecule has 3 rings (SSSR count). The second kappa shape index (κ2) is 8.13. The molecule has 0 radical (unpaired) electrons. The van der Waals surface area contributed by atoms with Gasteiger partial charge in [-0.15, -0.1) is 0 Å². The molecule has 5 nitrogen and oxygen atoms in total. The van der Waals surface area contributed by atoms with E-state index < -0.39 is 36.7 Å². The number of benzene rings is 2. The van der Waals surface area contributed by atoms with Crippen LogP contribution < -0.4 is 0 Å². The number of hydrogen-bond donors (Lipinski definition) is 1. The van der Waals surface area contributed by atoms with Gasteiger partial charge in [-0.05, 0) is 35.4 Å². The van der Waals surface area contributed by atoms with Crippen molar-refractivity contribution in [3.05, 3.63) is 82.4 Å². The number of nitrogens with zero attached hydrogens (tertiary/aromatic N) is 1. The van der Waals surface area contributed by atoms with Crippen LogP contribution in [-0.2, 0) is 14.3 Å². The highest BCUT2D eigenvalue weighted by Gasteiger charge is 2.43. The van der Waals surface area contributed by atoms with E-state index in [-0.39, 0.29) is 0 Å². The fourth-order valence-corrected chi connectivity index (χ4v) is 3.52. The molecule has 3 unspecified atom stereocenters. The van der Waals surface area contributed by atoms with Gasteiger partial charge >= 0.3 is 5.97 Å². The molecule has 1 aliphatic rings. The summed E-state index contributed by atoms with van der Waals surface area (Å²) >= 11 is 12.1. The second-order valence-corrected chi connectivity index (χ2v) is 7.00. The summed E-state index contributed by atoms with van der Waals surface area (Å²) in [4.78, 5) is 25.5. The molecular weight excluding hydrogens is 389 g/mol. The first-order valence-corrected chi connectivity index (χ1v) is 8.97. The van der Waals surface area contributed by atoms with Crippen LogP contribution in [0.5, 0.6) is 0 Å². The van der Waals surface area contributed by atoms with Gasteiger partial charge in [0.1, 0.15) is 12.6 Å². The third-order valence-corrected chi connectivity index (χ3v) is 4.84. The topological polar surface area (TPSA) is 66.8 Å². The minimum Gasteiger partial charge on any atom is -0.480 e. The summed E-state index contributed by atoms with van der Waals surface area (Å²) in [5.74, 6) is -1.57. The Morgan fingerprint density at radius 1 is 1.15 bits per heavy atom. The molecule has 1 N–H and O–H groups in total. The van der Waals surface area contributed by atoms with Crippen LogP contribution in [0.1, 0.15) is 23.3 Å². The average Bonchev–Trinajstić information content (AvgIpc) is 2.64. The summed E-state index contributed by atoms with van der Waals surface area (Å²) in [5.41, 5.74) is 1.44. The van der Waals surface area contributed by atoms with E-state index in [1.807, 2.05) is 6.07 Å².